The fourth-order valence-corrected chi connectivity index (χ4v) is 0.892. The molecular formula is C8H16F2. The first kappa shape index (κ1) is 9.86. The van der Waals surface area contributed by atoms with Gasteiger partial charge in [0.15, 0.2) is 0 Å². The Balaban J connectivity index is 0.000000236. The Labute approximate surface area is 61.6 Å². The average molecular weight is 150 g/mol. The first-order valence-electron chi connectivity index (χ1n) is 4.00. The van der Waals surface area contributed by atoms with Gasteiger partial charge in [0.2, 0.25) is 5.92 Å². The van der Waals surface area contributed by atoms with E-state index in [9.17, 15) is 8.78 Å². The van der Waals surface area contributed by atoms with Gasteiger partial charge in [-0.2, -0.15) is 0 Å². The Bertz CT molecular complexity index is 71.3. The molecule has 0 radical (unpaired) electrons. The first-order valence-corrected chi connectivity index (χ1v) is 4.00. The van der Waals surface area contributed by atoms with Crippen LogP contribution >= 0.6 is 0 Å². The van der Waals surface area contributed by atoms with Crippen LogP contribution in [0.4, 0.5) is 8.78 Å². The van der Waals surface area contributed by atoms with Crippen LogP contribution in [-0.4, -0.2) is 5.92 Å². The molecule has 2 heteroatoms. The van der Waals surface area contributed by atoms with E-state index in [1.54, 1.807) is 0 Å². The van der Waals surface area contributed by atoms with Crippen molar-refractivity contribution in [3.8, 4) is 0 Å². The van der Waals surface area contributed by atoms with E-state index in [1.165, 1.54) is 6.42 Å². The summed E-state index contributed by atoms with van der Waals surface area (Å²) in [5.74, 6) is -2.31. The van der Waals surface area contributed by atoms with Gasteiger partial charge in [-0.1, -0.05) is 20.3 Å². The smallest absolute Gasteiger partial charge is 0.207 e. The van der Waals surface area contributed by atoms with Gasteiger partial charge in [0.05, 0.1) is 0 Å². The highest BCUT2D eigenvalue weighted by Crippen LogP contribution is 2.33. The molecule has 1 aliphatic rings. The molecule has 0 aliphatic heterocycles. The van der Waals surface area contributed by atoms with Gasteiger partial charge in [-0.25, -0.2) is 8.78 Å². The largest absolute Gasteiger partial charge is 0.248 e. The van der Waals surface area contributed by atoms with Crippen LogP contribution in [0.15, 0.2) is 0 Å². The average Bonchev–Trinajstić information content (AvgIpc) is 2.16. The molecule has 0 heterocycles. The van der Waals surface area contributed by atoms with E-state index in [0.717, 1.165) is 0 Å². The summed E-state index contributed by atoms with van der Waals surface area (Å²) < 4.78 is 23.9. The minimum Gasteiger partial charge on any atom is -0.207 e. The van der Waals surface area contributed by atoms with Crippen molar-refractivity contribution in [3.63, 3.8) is 0 Å². The van der Waals surface area contributed by atoms with Gasteiger partial charge in [-0.3, -0.25) is 0 Å². The monoisotopic (exact) mass is 150 g/mol. The van der Waals surface area contributed by atoms with Crippen LogP contribution in [0.2, 0.25) is 0 Å². The summed E-state index contributed by atoms with van der Waals surface area (Å²) >= 11 is 0. The molecule has 0 amide bonds. The van der Waals surface area contributed by atoms with Crippen molar-refractivity contribution in [2.45, 2.75) is 51.9 Å². The molecule has 0 unspecified atom stereocenters. The maximum atomic E-state index is 11.9. The van der Waals surface area contributed by atoms with Crippen LogP contribution in [0.3, 0.4) is 0 Å². The van der Waals surface area contributed by atoms with E-state index in [4.69, 9.17) is 0 Å². The van der Waals surface area contributed by atoms with Crippen LogP contribution in [0, 0.1) is 0 Å². The normalized spacial score (nSPS) is 21.6. The lowest BCUT2D eigenvalue weighted by atomic mass is 10.3. The van der Waals surface area contributed by atoms with Gasteiger partial charge in [0.1, 0.15) is 0 Å². The summed E-state index contributed by atoms with van der Waals surface area (Å²) in [5.41, 5.74) is 0. The zero-order chi connectivity index (χ0) is 8.04. The van der Waals surface area contributed by atoms with Crippen molar-refractivity contribution >= 4 is 0 Å². The lowest BCUT2D eigenvalue weighted by Gasteiger charge is -2.03. The summed E-state index contributed by atoms with van der Waals surface area (Å²) in [6.45, 7) is 4.25. The van der Waals surface area contributed by atoms with Crippen LogP contribution in [-0.2, 0) is 0 Å². The SMILES string of the molecule is CCC.FC1(F)CCCC1. The van der Waals surface area contributed by atoms with E-state index < -0.39 is 5.92 Å². The lowest BCUT2D eigenvalue weighted by molar-refractivity contribution is 0.00932. The summed E-state index contributed by atoms with van der Waals surface area (Å²) in [5, 5.41) is 0. The van der Waals surface area contributed by atoms with Crippen LogP contribution in [0.25, 0.3) is 0 Å². The van der Waals surface area contributed by atoms with Gasteiger partial charge < -0.3 is 0 Å². The molecule has 1 saturated carbocycles. The molecule has 0 aromatic carbocycles. The summed E-state index contributed by atoms with van der Waals surface area (Å²) in [4.78, 5) is 0. The van der Waals surface area contributed by atoms with Crippen molar-refractivity contribution in [2.75, 3.05) is 0 Å². The van der Waals surface area contributed by atoms with Crippen LogP contribution in [0.5, 0.6) is 0 Å². The standard InChI is InChI=1S/C5H8F2.C3H8/c6-5(7)3-1-2-4-5;1-3-2/h1-4H2;3H2,1-2H3. The second-order valence-corrected chi connectivity index (χ2v) is 2.77. The molecule has 0 bridgehead atoms. The molecule has 1 fully saturated rings. The summed E-state index contributed by atoms with van der Waals surface area (Å²) in [6.07, 6.45) is 2.92. The molecule has 1 aliphatic carbocycles. The molecule has 0 aromatic heterocycles. The molecule has 0 nitrogen and oxygen atoms in total. The van der Waals surface area contributed by atoms with Crippen molar-refractivity contribution in [3.05, 3.63) is 0 Å². The molecule has 0 saturated heterocycles. The third kappa shape index (κ3) is 4.71. The lowest BCUT2D eigenvalue weighted by Crippen LogP contribution is -2.06. The number of hydrogen-bond donors (Lipinski definition) is 0. The Morgan fingerprint density at radius 3 is 1.50 bits per heavy atom. The van der Waals surface area contributed by atoms with Gasteiger partial charge >= 0.3 is 0 Å². The van der Waals surface area contributed by atoms with E-state index in [-0.39, 0.29) is 12.8 Å². The van der Waals surface area contributed by atoms with Crippen LogP contribution in [0.1, 0.15) is 46.0 Å². The van der Waals surface area contributed by atoms with E-state index >= 15 is 0 Å². The molecule has 1 rings (SSSR count). The number of halogens is 2. The maximum absolute atomic E-state index is 11.9. The highest BCUT2D eigenvalue weighted by molar-refractivity contribution is 4.72. The summed E-state index contributed by atoms with van der Waals surface area (Å²) in [7, 11) is 0. The van der Waals surface area contributed by atoms with Crippen molar-refractivity contribution in [1.29, 1.82) is 0 Å². The second kappa shape index (κ2) is 4.64. The zero-order valence-corrected chi connectivity index (χ0v) is 6.79. The highest BCUT2D eigenvalue weighted by atomic mass is 19.3. The van der Waals surface area contributed by atoms with Crippen LogP contribution < -0.4 is 0 Å². The molecule has 0 spiro atoms. The Hall–Kier alpha value is -0.140. The molecular weight excluding hydrogens is 134 g/mol. The maximum Gasteiger partial charge on any atom is 0.248 e. The minimum absolute atomic E-state index is 0.118. The fraction of sp³-hybridized carbons (Fsp3) is 1.00. The Morgan fingerprint density at radius 1 is 1.10 bits per heavy atom. The summed E-state index contributed by atoms with van der Waals surface area (Å²) in [6, 6.07) is 0. The molecule has 10 heavy (non-hydrogen) atoms. The number of rotatable bonds is 0. The van der Waals surface area contributed by atoms with Gasteiger partial charge in [-0.05, 0) is 12.8 Å². The van der Waals surface area contributed by atoms with Crippen molar-refractivity contribution in [2.24, 2.45) is 0 Å². The third-order valence-corrected chi connectivity index (χ3v) is 1.34. The van der Waals surface area contributed by atoms with E-state index in [0.29, 0.717) is 12.8 Å². The van der Waals surface area contributed by atoms with Crippen molar-refractivity contribution in [1.82, 2.24) is 0 Å². The van der Waals surface area contributed by atoms with E-state index in [2.05, 4.69) is 13.8 Å². The van der Waals surface area contributed by atoms with E-state index in [1.807, 2.05) is 0 Å². The molecule has 0 atom stereocenters. The first-order chi connectivity index (χ1) is 4.62. The fourth-order valence-electron chi connectivity index (χ4n) is 0.892. The van der Waals surface area contributed by atoms with Gasteiger partial charge in [-0.15, -0.1) is 0 Å². The van der Waals surface area contributed by atoms with Crippen molar-refractivity contribution < 1.29 is 8.78 Å². The third-order valence-electron chi connectivity index (χ3n) is 1.34. The van der Waals surface area contributed by atoms with Gasteiger partial charge in [0.25, 0.3) is 0 Å². The Kier molecular flexibility index (Phi) is 4.58. The predicted molar refractivity (Wildman–Crippen MR) is 39.4 cm³/mol. The second-order valence-electron chi connectivity index (χ2n) is 2.77. The predicted octanol–water partition coefficient (Wildman–Crippen LogP) is 3.61. The minimum atomic E-state index is -2.31. The zero-order valence-electron chi connectivity index (χ0n) is 6.79. The topological polar surface area (TPSA) is 0 Å². The highest BCUT2D eigenvalue weighted by Gasteiger charge is 2.32. The number of alkyl halides is 2. The molecule has 62 valence electrons. The molecule has 0 N–H and O–H groups in total. The quantitative estimate of drug-likeness (QED) is 0.494. The Morgan fingerprint density at radius 2 is 1.40 bits per heavy atom. The van der Waals surface area contributed by atoms with Gasteiger partial charge in [0, 0.05) is 12.8 Å². The number of hydrogen-bond acceptors (Lipinski definition) is 0. The molecule has 0 aromatic rings.